The molecule has 0 atom stereocenters. The molecule has 6 nitrogen and oxygen atoms in total. The third-order valence-corrected chi connectivity index (χ3v) is 7.31. The molecule has 3 heterocycles. The molecular weight excluding hydrogens is 412 g/mol. The number of aromatic nitrogens is 2. The summed E-state index contributed by atoms with van der Waals surface area (Å²) in [6.07, 6.45) is 2.13. The second-order valence-electron chi connectivity index (χ2n) is 9.79. The molecule has 1 aromatic carbocycles. The first-order valence-corrected chi connectivity index (χ1v) is 12.0. The number of benzene rings is 1. The van der Waals surface area contributed by atoms with Gasteiger partial charge in [-0.2, -0.15) is 0 Å². The lowest BCUT2D eigenvalue weighted by atomic mass is 9.87. The summed E-state index contributed by atoms with van der Waals surface area (Å²) in [5.74, 6) is 0.936. The zero-order chi connectivity index (χ0) is 23.9. The van der Waals surface area contributed by atoms with Crippen molar-refractivity contribution >= 4 is 16.8 Å². The fourth-order valence-electron chi connectivity index (χ4n) is 5.24. The Morgan fingerprint density at radius 2 is 1.88 bits per heavy atom. The fourth-order valence-corrected chi connectivity index (χ4v) is 5.24. The van der Waals surface area contributed by atoms with Gasteiger partial charge in [-0.1, -0.05) is 19.9 Å². The molecule has 1 fully saturated rings. The third-order valence-electron chi connectivity index (χ3n) is 7.31. The highest BCUT2D eigenvalue weighted by molar-refractivity contribution is 5.92. The van der Waals surface area contributed by atoms with Crippen molar-refractivity contribution in [1.82, 2.24) is 19.8 Å². The Hall–Kier alpha value is -2.86. The number of likely N-dealkylation sites (N-methyl/N-ethyl adjacent to an activating group) is 1. The maximum Gasteiger partial charge on any atom is 0.253 e. The Balaban J connectivity index is 1.71. The smallest absolute Gasteiger partial charge is 0.253 e. The number of fused-ring (bicyclic) bond motifs is 1. The van der Waals surface area contributed by atoms with E-state index in [1.54, 1.807) is 11.6 Å². The highest BCUT2D eigenvalue weighted by atomic mass is 16.2. The quantitative estimate of drug-likeness (QED) is 0.615. The van der Waals surface area contributed by atoms with Crippen molar-refractivity contribution in [3.05, 3.63) is 57.0 Å². The van der Waals surface area contributed by atoms with Gasteiger partial charge in [0, 0.05) is 41.8 Å². The number of nitrogens with zero attached hydrogens (tertiary/aromatic N) is 2. The largest absolute Gasteiger partial charge is 0.358 e. The second kappa shape index (κ2) is 9.18. The van der Waals surface area contributed by atoms with Crippen molar-refractivity contribution in [3.8, 4) is 11.3 Å². The SMILES string of the molecule is CNC(=O)CN1CCC(c2ccc3[nH]c(-c4cc(C)c(=O)n(C)c4C)c(C(C)C)c3c2)CC1. The van der Waals surface area contributed by atoms with E-state index in [-0.39, 0.29) is 11.5 Å². The Morgan fingerprint density at radius 1 is 1.18 bits per heavy atom. The standard InChI is InChI=1S/C27H36N4O2/c1-16(2)25-22-14-20(19-9-11-31(12-10-19)15-24(32)28-5)7-8-23(22)29-26(25)21-13-17(3)27(33)30(6)18(21)4/h7-8,13-14,16,19,29H,9-12,15H2,1-6H3,(H,28,32). The first kappa shape index (κ1) is 23.3. The molecule has 0 spiro atoms. The van der Waals surface area contributed by atoms with E-state index in [1.807, 2.05) is 27.0 Å². The zero-order valence-electron chi connectivity index (χ0n) is 20.7. The van der Waals surface area contributed by atoms with Gasteiger partial charge in [-0.3, -0.25) is 14.5 Å². The Morgan fingerprint density at radius 3 is 2.52 bits per heavy atom. The number of H-pyrrole nitrogens is 1. The topological polar surface area (TPSA) is 70.1 Å². The summed E-state index contributed by atoms with van der Waals surface area (Å²) in [6, 6.07) is 8.86. The van der Waals surface area contributed by atoms with Crippen LogP contribution in [0.25, 0.3) is 22.2 Å². The van der Waals surface area contributed by atoms with E-state index in [9.17, 15) is 9.59 Å². The molecule has 1 aliphatic rings. The number of piperidine rings is 1. The van der Waals surface area contributed by atoms with Crippen LogP contribution in [0.5, 0.6) is 0 Å². The molecular formula is C27H36N4O2. The van der Waals surface area contributed by atoms with Gasteiger partial charge in [0.05, 0.1) is 12.2 Å². The first-order chi connectivity index (χ1) is 15.7. The number of aromatic amines is 1. The predicted molar refractivity (Wildman–Crippen MR) is 135 cm³/mol. The van der Waals surface area contributed by atoms with Crippen LogP contribution in [0.4, 0.5) is 0 Å². The average Bonchev–Trinajstić information content (AvgIpc) is 3.19. The van der Waals surface area contributed by atoms with E-state index in [4.69, 9.17) is 0 Å². The summed E-state index contributed by atoms with van der Waals surface area (Å²) in [4.78, 5) is 30.0. The number of likely N-dealkylation sites (tertiary alicyclic amines) is 1. The van der Waals surface area contributed by atoms with Gasteiger partial charge in [-0.05, 0) is 80.9 Å². The molecule has 6 heteroatoms. The van der Waals surface area contributed by atoms with Gasteiger partial charge in [0.15, 0.2) is 0 Å². The van der Waals surface area contributed by atoms with Crippen LogP contribution in [-0.4, -0.2) is 47.0 Å². The Bertz CT molecular complexity index is 1240. The third kappa shape index (κ3) is 4.36. The number of rotatable bonds is 5. The molecule has 0 saturated carbocycles. The van der Waals surface area contributed by atoms with Gasteiger partial charge in [-0.25, -0.2) is 0 Å². The van der Waals surface area contributed by atoms with Crippen molar-refractivity contribution in [1.29, 1.82) is 0 Å². The van der Waals surface area contributed by atoms with Crippen LogP contribution in [0.15, 0.2) is 29.1 Å². The monoisotopic (exact) mass is 448 g/mol. The lowest BCUT2D eigenvalue weighted by Gasteiger charge is -2.31. The number of carbonyl (C=O) groups excluding carboxylic acids is 1. The summed E-state index contributed by atoms with van der Waals surface area (Å²) in [7, 11) is 3.54. The molecule has 0 unspecified atom stereocenters. The van der Waals surface area contributed by atoms with Crippen LogP contribution in [0.1, 0.15) is 60.9 Å². The van der Waals surface area contributed by atoms with E-state index in [0.717, 1.165) is 54.0 Å². The van der Waals surface area contributed by atoms with Gasteiger partial charge in [-0.15, -0.1) is 0 Å². The summed E-state index contributed by atoms with van der Waals surface area (Å²) in [5.41, 5.74) is 7.84. The second-order valence-corrected chi connectivity index (χ2v) is 9.79. The van der Waals surface area contributed by atoms with Gasteiger partial charge in [0.1, 0.15) is 0 Å². The molecule has 2 N–H and O–H groups in total. The van der Waals surface area contributed by atoms with Crippen LogP contribution in [-0.2, 0) is 11.8 Å². The van der Waals surface area contributed by atoms with E-state index in [0.29, 0.717) is 18.4 Å². The highest BCUT2D eigenvalue weighted by Crippen LogP contribution is 2.39. The fraction of sp³-hybridized carbons (Fsp3) is 0.481. The minimum atomic E-state index is 0.0588. The minimum Gasteiger partial charge on any atom is -0.358 e. The molecule has 1 aliphatic heterocycles. The number of hydrogen-bond acceptors (Lipinski definition) is 3. The van der Waals surface area contributed by atoms with Gasteiger partial charge < -0.3 is 14.9 Å². The maximum atomic E-state index is 12.4. The molecule has 0 aliphatic carbocycles. The molecule has 3 aromatic rings. The molecule has 1 amide bonds. The van der Waals surface area contributed by atoms with Gasteiger partial charge in [0.25, 0.3) is 5.56 Å². The number of hydrogen-bond donors (Lipinski definition) is 2. The Labute approximate surface area is 196 Å². The molecule has 4 rings (SSSR count). The van der Waals surface area contributed by atoms with Crippen molar-refractivity contribution in [2.24, 2.45) is 7.05 Å². The minimum absolute atomic E-state index is 0.0588. The summed E-state index contributed by atoms with van der Waals surface area (Å²) in [6.45, 7) is 10.8. The lowest BCUT2D eigenvalue weighted by Crippen LogP contribution is -2.40. The number of amides is 1. The highest BCUT2D eigenvalue weighted by Gasteiger charge is 2.24. The molecule has 2 aromatic heterocycles. The number of carbonyl (C=O) groups is 1. The number of nitrogens with one attached hydrogen (secondary N) is 2. The first-order valence-electron chi connectivity index (χ1n) is 12.0. The zero-order valence-corrected chi connectivity index (χ0v) is 20.7. The Kier molecular flexibility index (Phi) is 6.48. The molecule has 176 valence electrons. The van der Waals surface area contributed by atoms with Crippen molar-refractivity contribution < 1.29 is 4.79 Å². The summed E-state index contributed by atoms with van der Waals surface area (Å²) >= 11 is 0. The van der Waals surface area contributed by atoms with E-state index >= 15 is 0 Å². The van der Waals surface area contributed by atoms with E-state index < -0.39 is 0 Å². The van der Waals surface area contributed by atoms with Crippen LogP contribution >= 0.6 is 0 Å². The summed E-state index contributed by atoms with van der Waals surface area (Å²) in [5, 5.41) is 3.99. The normalized spacial score (nSPS) is 15.5. The van der Waals surface area contributed by atoms with Crippen LogP contribution in [0.3, 0.4) is 0 Å². The molecule has 1 saturated heterocycles. The molecule has 0 bridgehead atoms. The average molecular weight is 449 g/mol. The van der Waals surface area contributed by atoms with Crippen LogP contribution < -0.4 is 10.9 Å². The van der Waals surface area contributed by atoms with Crippen molar-refractivity contribution in [2.45, 2.75) is 52.4 Å². The molecule has 33 heavy (non-hydrogen) atoms. The summed E-state index contributed by atoms with van der Waals surface area (Å²) < 4.78 is 1.75. The number of aryl methyl sites for hydroxylation is 1. The van der Waals surface area contributed by atoms with Crippen LogP contribution in [0, 0.1) is 13.8 Å². The van der Waals surface area contributed by atoms with Crippen LogP contribution in [0.2, 0.25) is 0 Å². The number of pyridine rings is 1. The van der Waals surface area contributed by atoms with Crippen molar-refractivity contribution in [3.63, 3.8) is 0 Å². The molecule has 0 radical (unpaired) electrons. The van der Waals surface area contributed by atoms with Gasteiger partial charge >= 0.3 is 0 Å². The maximum absolute atomic E-state index is 12.4. The predicted octanol–water partition coefficient (Wildman–Crippen LogP) is 4.20. The van der Waals surface area contributed by atoms with Gasteiger partial charge in [0.2, 0.25) is 5.91 Å². The van der Waals surface area contributed by atoms with E-state index in [2.05, 4.69) is 47.2 Å². The lowest BCUT2D eigenvalue weighted by molar-refractivity contribution is -0.122. The van der Waals surface area contributed by atoms with E-state index in [1.165, 1.54) is 16.5 Å². The van der Waals surface area contributed by atoms with Crippen molar-refractivity contribution in [2.75, 3.05) is 26.7 Å².